The lowest BCUT2D eigenvalue weighted by molar-refractivity contribution is -0.117. The Bertz CT molecular complexity index is 1080. The number of aryl methyl sites for hydroxylation is 1. The van der Waals surface area contributed by atoms with Crippen molar-refractivity contribution in [3.63, 3.8) is 0 Å². The third-order valence-electron chi connectivity index (χ3n) is 5.03. The molecule has 0 saturated heterocycles. The third kappa shape index (κ3) is 8.43. The van der Waals surface area contributed by atoms with E-state index in [0.29, 0.717) is 30.6 Å². The highest BCUT2D eigenvalue weighted by molar-refractivity contribution is 5.95. The number of benzene rings is 3. The van der Waals surface area contributed by atoms with Crippen molar-refractivity contribution in [3.05, 3.63) is 84.4 Å². The molecule has 7 nitrogen and oxygen atoms in total. The van der Waals surface area contributed by atoms with Gasteiger partial charge in [-0.2, -0.15) is 0 Å². The first-order valence-corrected chi connectivity index (χ1v) is 11.4. The molecule has 0 fully saturated rings. The Hall–Kier alpha value is -4.13. The molecule has 4 N–H and O–H groups in total. The van der Waals surface area contributed by atoms with E-state index in [9.17, 15) is 14.4 Å². The quantitative estimate of drug-likeness (QED) is 0.323. The molecule has 176 valence electrons. The zero-order valence-electron chi connectivity index (χ0n) is 19.3. The van der Waals surface area contributed by atoms with Gasteiger partial charge in [-0.3, -0.25) is 14.4 Å². The van der Waals surface area contributed by atoms with Crippen LogP contribution in [0.1, 0.15) is 31.7 Å². The standard InChI is InChI=1S/C27H30N4O3/c1-2-6-25(32)29-22-12-10-21(11-13-22)28-19-27(34)31-24-16-14-23(15-17-24)30-26(33)18-9-20-7-4-3-5-8-20/h3-5,7-8,10-17,28H,2,6,9,18-19H2,1H3,(H,29,32)(H,30,33)(H,31,34). The van der Waals surface area contributed by atoms with Crippen LogP contribution in [0.25, 0.3) is 0 Å². The maximum atomic E-state index is 12.3. The summed E-state index contributed by atoms with van der Waals surface area (Å²) in [6, 6.07) is 24.1. The van der Waals surface area contributed by atoms with Crippen LogP contribution in [0.2, 0.25) is 0 Å². The zero-order valence-corrected chi connectivity index (χ0v) is 19.3. The van der Waals surface area contributed by atoms with E-state index in [4.69, 9.17) is 0 Å². The summed E-state index contributed by atoms with van der Waals surface area (Å²) >= 11 is 0. The number of anilines is 4. The van der Waals surface area contributed by atoms with Gasteiger partial charge in [0.1, 0.15) is 0 Å². The number of rotatable bonds is 11. The van der Waals surface area contributed by atoms with Crippen LogP contribution in [0.5, 0.6) is 0 Å². The van der Waals surface area contributed by atoms with Crippen molar-refractivity contribution in [3.8, 4) is 0 Å². The molecule has 0 aliphatic carbocycles. The monoisotopic (exact) mass is 458 g/mol. The zero-order chi connectivity index (χ0) is 24.2. The van der Waals surface area contributed by atoms with Crippen molar-refractivity contribution in [2.75, 3.05) is 27.8 Å². The Morgan fingerprint density at radius 3 is 1.59 bits per heavy atom. The van der Waals surface area contributed by atoms with Gasteiger partial charge in [0.2, 0.25) is 17.7 Å². The summed E-state index contributed by atoms with van der Waals surface area (Å²) in [6.07, 6.45) is 2.37. The maximum absolute atomic E-state index is 12.3. The predicted molar refractivity (Wildman–Crippen MR) is 137 cm³/mol. The van der Waals surface area contributed by atoms with Crippen molar-refractivity contribution in [2.24, 2.45) is 0 Å². The number of amides is 3. The minimum Gasteiger partial charge on any atom is -0.376 e. The van der Waals surface area contributed by atoms with Crippen LogP contribution in [-0.2, 0) is 20.8 Å². The van der Waals surface area contributed by atoms with Crippen LogP contribution in [0, 0.1) is 0 Å². The summed E-state index contributed by atoms with van der Waals surface area (Å²) in [6.45, 7) is 2.05. The lowest BCUT2D eigenvalue weighted by Crippen LogP contribution is -2.21. The van der Waals surface area contributed by atoms with Crippen molar-refractivity contribution < 1.29 is 14.4 Å². The van der Waals surface area contributed by atoms with E-state index in [1.165, 1.54) is 0 Å². The molecule has 0 radical (unpaired) electrons. The first kappa shape index (κ1) is 24.5. The van der Waals surface area contributed by atoms with Gasteiger partial charge in [0, 0.05) is 35.6 Å². The SMILES string of the molecule is CCCC(=O)Nc1ccc(NCC(=O)Nc2ccc(NC(=O)CCc3ccccc3)cc2)cc1. The van der Waals surface area contributed by atoms with Crippen LogP contribution < -0.4 is 21.3 Å². The highest BCUT2D eigenvalue weighted by atomic mass is 16.2. The van der Waals surface area contributed by atoms with Gasteiger partial charge in [-0.15, -0.1) is 0 Å². The molecule has 0 atom stereocenters. The summed E-state index contributed by atoms with van der Waals surface area (Å²) in [5.41, 5.74) is 3.94. The lowest BCUT2D eigenvalue weighted by Gasteiger charge is -2.10. The molecule has 0 unspecified atom stereocenters. The molecule has 0 heterocycles. The van der Waals surface area contributed by atoms with Crippen molar-refractivity contribution in [2.45, 2.75) is 32.6 Å². The third-order valence-corrected chi connectivity index (χ3v) is 5.03. The summed E-state index contributed by atoms with van der Waals surface area (Å²) in [5.74, 6) is -0.263. The minimum atomic E-state index is -0.194. The average molecular weight is 459 g/mol. The van der Waals surface area contributed by atoms with Crippen LogP contribution >= 0.6 is 0 Å². The summed E-state index contributed by atoms with van der Waals surface area (Å²) in [5, 5.41) is 11.6. The van der Waals surface area contributed by atoms with Crippen molar-refractivity contribution in [1.82, 2.24) is 0 Å². The van der Waals surface area contributed by atoms with Crippen molar-refractivity contribution >= 4 is 40.5 Å². The van der Waals surface area contributed by atoms with Gasteiger partial charge in [-0.25, -0.2) is 0 Å². The molecular weight excluding hydrogens is 428 g/mol. The van der Waals surface area contributed by atoms with Gasteiger partial charge in [0.15, 0.2) is 0 Å². The summed E-state index contributed by atoms with van der Waals surface area (Å²) < 4.78 is 0. The van der Waals surface area contributed by atoms with Crippen molar-refractivity contribution in [1.29, 1.82) is 0 Å². The normalized spacial score (nSPS) is 10.3. The molecule has 0 aliphatic rings. The second-order valence-corrected chi connectivity index (χ2v) is 7.89. The fourth-order valence-corrected chi connectivity index (χ4v) is 3.27. The largest absolute Gasteiger partial charge is 0.376 e. The van der Waals surface area contributed by atoms with E-state index in [1.807, 2.05) is 49.4 Å². The number of nitrogens with one attached hydrogen (secondary N) is 4. The number of hydrogen-bond donors (Lipinski definition) is 4. The van der Waals surface area contributed by atoms with E-state index in [1.54, 1.807) is 36.4 Å². The molecule has 3 aromatic carbocycles. The van der Waals surface area contributed by atoms with Crippen LogP contribution in [0.4, 0.5) is 22.7 Å². The highest BCUT2D eigenvalue weighted by Crippen LogP contribution is 2.16. The second-order valence-electron chi connectivity index (χ2n) is 7.89. The van der Waals surface area contributed by atoms with Crippen LogP contribution in [0.3, 0.4) is 0 Å². The molecular formula is C27H30N4O3. The minimum absolute atomic E-state index is 0.0136. The Kier molecular flexibility index (Phi) is 9.22. The first-order valence-electron chi connectivity index (χ1n) is 11.4. The Morgan fingerprint density at radius 1 is 0.588 bits per heavy atom. The van der Waals surface area contributed by atoms with Crippen LogP contribution in [0.15, 0.2) is 78.9 Å². The van der Waals surface area contributed by atoms with Gasteiger partial charge in [0.05, 0.1) is 6.54 Å². The van der Waals surface area contributed by atoms with Gasteiger partial charge < -0.3 is 21.3 Å². The van der Waals surface area contributed by atoms with Gasteiger partial charge in [-0.05, 0) is 66.9 Å². The summed E-state index contributed by atoms with van der Waals surface area (Å²) in [4.78, 5) is 36.1. The molecule has 7 heteroatoms. The molecule has 0 aliphatic heterocycles. The molecule has 3 amide bonds. The smallest absolute Gasteiger partial charge is 0.243 e. The fraction of sp³-hybridized carbons (Fsp3) is 0.222. The van der Waals surface area contributed by atoms with Crippen LogP contribution in [-0.4, -0.2) is 24.3 Å². The van der Waals surface area contributed by atoms with E-state index < -0.39 is 0 Å². The molecule has 0 spiro atoms. The topological polar surface area (TPSA) is 99.3 Å². The number of carbonyl (C=O) groups excluding carboxylic acids is 3. The Morgan fingerprint density at radius 2 is 1.06 bits per heavy atom. The van der Waals surface area contributed by atoms with E-state index in [2.05, 4.69) is 21.3 Å². The van der Waals surface area contributed by atoms with E-state index in [-0.39, 0.29) is 24.3 Å². The molecule has 0 saturated carbocycles. The lowest BCUT2D eigenvalue weighted by atomic mass is 10.1. The average Bonchev–Trinajstić information content (AvgIpc) is 2.84. The highest BCUT2D eigenvalue weighted by Gasteiger charge is 2.06. The summed E-state index contributed by atoms with van der Waals surface area (Å²) in [7, 11) is 0. The maximum Gasteiger partial charge on any atom is 0.243 e. The fourth-order valence-electron chi connectivity index (χ4n) is 3.27. The number of carbonyl (C=O) groups is 3. The Labute approximate surface area is 200 Å². The Balaban J connectivity index is 1.39. The van der Waals surface area contributed by atoms with Gasteiger partial charge in [-0.1, -0.05) is 37.3 Å². The molecule has 3 aromatic rings. The van der Waals surface area contributed by atoms with Gasteiger partial charge >= 0.3 is 0 Å². The second kappa shape index (κ2) is 12.8. The predicted octanol–water partition coefficient (Wildman–Crippen LogP) is 5.05. The van der Waals surface area contributed by atoms with E-state index >= 15 is 0 Å². The van der Waals surface area contributed by atoms with Gasteiger partial charge in [0.25, 0.3) is 0 Å². The van der Waals surface area contributed by atoms with E-state index in [0.717, 1.165) is 23.4 Å². The molecule has 0 bridgehead atoms. The molecule has 3 rings (SSSR count). The molecule has 0 aromatic heterocycles. The molecule has 34 heavy (non-hydrogen) atoms. The number of hydrogen-bond acceptors (Lipinski definition) is 4. The first-order chi connectivity index (χ1) is 16.5.